The molecule has 6 heteroatoms. The molecular weight excluding hydrogens is 406 g/mol. The average Bonchev–Trinajstić information content (AvgIpc) is 3.15. The van der Waals surface area contributed by atoms with E-state index in [0.717, 1.165) is 62.8 Å². The highest BCUT2D eigenvalue weighted by molar-refractivity contribution is 9.10. The van der Waals surface area contributed by atoms with Crippen LogP contribution in [-0.2, 0) is 14.9 Å². The fraction of sp³-hybridized carbons (Fsp3) is 0.667. The van der Waals surface area contributed by atoms with Gasteiger partial charge in [0.15, 0.2) is 5.96 Å². The molecule has 1 unspecified atom stereocenters. The SMILES string of the molecule is CN=C(NCCCOCC1CCOC1)NCC1(c2cccc(Br)c2)CCC1. The van der Waals surface area contributed by atoms with Crippen LogP contribution in [0.3, 0.4) is 0 Å². The van der Waals surface area contributed by atoms with Crippen LogP contribution in [0, 0.1) is 5.92 Å². The Morgan fingerprint density at radius 2 is 2.26 bits per heavy atom. The monoisotopic (exact) mass is 437 g/mol. The third kappa shape index (κ3) is 5.93. The third-order valence-electron chi connectivity index (χ3n) is 5.70. The second-order valence-electron chi connectivity index (χ2n) is 7.65. The van der Waals surface area contributed by atoms with Crippen LogP contribution in [0.5, 0.6) is 0 Å². The summed E-state index contributed by atoms with van der Waals surface area (Å²) < 4.78 is 12.3. The van der Waals surface area contributed by atoms with E-state index in [1.54, 1.807) is 0 Å². The molecule has 1 saturated heterocycles. The second-order valence-corrected chi connectivity index (χ2v) is 8.57. The van der Waals surface area contributed by atoms with Crippen LogP contribution < -0.4 is 10.6 Å². The van der Waals surface area contributed by atoms with E-state index >= 15 is 0 Å². The molecular formula is C21H32BrN3O2. The second kappa shape index (κ2) is 10.4. The summed E-state index contributed by atoms with van der Waals surface area (Å²) in [4.78, 5) is 4.37. The van der Waals surface area contributed by atoms with Gasteiger partial charge >= 0.3 is 0 Å². The van der Waals surface area contributed by atoms with E-state index in [1.165, 1.54) is 24.8 Å². The summed E-state index contributed by atoms with van der Waals surface area (Å²) in [5.41, 5.74) is 1.64. The first-order valence-corrected chi connectivity index (χ1v) is 10.9. The van der Waals surface area contributed by atoms with Gasteiger partial charge in [0.25, 0.3) is 0 Å². The molecule has 2 fully saturated rings. The predicted molar refractivity (Wildman–Crippen MR) is 113 cm³/mol. The molecule has 0 radical (unpaired) electrons. The molecule has 1 aromatic rings. The maximum absolute atomic E-state index is 5.76. The number of nitrogens with zero attached hydrogens (tertiary/aromatic N) is 1. The van der Waals surface area contributed by atoms with Crippen molar-refractivity contribution in [2.45, 2.75) is 37.5 Å². The van der Waals surface area contributed by atoms with Gasteiger partial charge in [-0.15, -0.1) is 0 Å². The number of nitrogens with one attached hydrogen (secondary N) is 2. The molecule has 0 aromatic heterocycles. The maximum atomic E-state index is 5.76. The molecule has 0 bridgehead atoms. The molecule has 150 valence electrons. The van der Waals surface area contributed by atoms with E-state index in [0.29, 0.717) is 5.92 Å². The molecule has 0 spiro atoms. The Kier molecular flexibility index (Phi) is 7.97. The zero-order valence-electron chi connectivity index (χ0n) is 16.3. The highest BCUT2D eigenvalue weighted by Crippen LogP contribution is 2.43. The molecule has 2 N–H and O–H groups in total. The van der Waals surface area contributed by atoms with E-state index in [1.807, 2.05) is 7.05 Å². The Bertz CT molecular complexity index is 613. The van der Waals surface area contributed by atoms with Crippen molar-refractivity contribution in [2.24, 2.45) is 10.9 Å². The molecule has 27 heavy (non-hydrogen) atoms. The van der Waals surface area contributed by atoms with E-state index in [4.69, 9.17) is 9.47 Å². The van der Waals surface area contributed by atoms with E-state index in [9.17, 15) is 0 Å². The number of guanidine groups is 1. The van der Waals surface area contributed by atoms with Crippen molar-refractivity contribution in [2.75, 3.05) is 46.6 Å². The van der Waals surface area contributed by atoms with Gasteiger partial charge in [-0.3, -0.25) is 4.99 Å². The molecule has 1 aromatic carbocycles. The van der Waals surface area contributed by atoms with Crippen LogP contribution in [0.2, 0.25) is 0 Å². The number of rotatable bonds is 9. The number of halogens is 1. The minimum Gasteiger partial charge on any atom is -0.381 e. The molecule has 1 atom stereocenters. The summed E-state index contributed by atoms with van der Waals surface area (Å²) in [5.74, 6) is 1.46. The summed E-state index contributed by atoms with van der Waals surface area (Å²) >= 11 is 3.60. The average molecular weight is 438 g/mol. The van der Waals surface area contributed by atoms with Gasteiger partial charge in [-0.25, -0.2) is 0 Å². The van der Waals surface area contributed by atoms with Crippen LogP contribution in [0.4, 0.5) is 0 Å². The van der Waals surface area contributed by atoms with Gasteiger partial charge in [-0.1, -0.05) is 34.5 Å². The minimum atomic E-state index is 0.230. The summed E-state index contributed by atoms with van der Waals surface area (Å²) in [7, 11) is 1.83. The maximum Gasteiger partial charge on any atom is 0.191 e. The van der Waals surface area contributed by atoms with Crippen LogP contribution in [0.25, 0.3) is 0 Å². The molecule has 1 heterocycles. The standard InChI is InChI=1S/C21H32BrN3O2/c1-23-20(24-10-4-11-26-14-17-7-12-27-15-17)25-16-21(8-3-9-21)18-5-2-6-19(22)13-18/h2,5-6,13,17H,3-4,7-12,14-16H2,1H3,(H2,23,24,25). The lowest BCUT2D eigenvalue weighted by atomic mass is 9.64. The fourth-order valence-corrected chi connectivity index (χ4v) is 4.21. The van der Waals surface area contributed by atoms with E-state index < -0.39 is 0 Å². The zero-order chi connectivity index (χ0) is 19.0. The lowest BCUT2D eigenvalue weighted by Crippen LogP contribution is -2.49. The normalized spacial score (nSPS) is 21.7. The van der Waals surface area contributed by atoms with Gasteiger partial charge in [0.05, 0.1) is 13.2 Å². The predicted octanol–water partition coefficient (Wildman–Crippen LogP) is 3.48. The van der Waals surface area contributed by atoms with Gasteiger partial charge in [0, 0.05) is 49.2 Å². The molecule has 1 saturated carbocycles. The van der Waals surface area contributed by atoms with Crippen LogP contribution in [0.1, 0.15) is 37.7 Å². The van der Waals surface area contributed by atoms with Gasteiger partial charge in [0.1, 0.15) is 0 Å². The number of aliphatic imine (C=N–C) groups is 1. The van der Waals surface area contributed by atoms with Crippen molar-refractivity contribution in [1.29, 1.82) is 0 Å². The molecule has 2 aliphatic rings. The van der Waals surface area contributed by atoms with Crippen LogP contribution in [0.15, 0.2) is 33.7 Å². The van der Waals surface area contributed by atoms with Gasteiger partial charge in [0.2, 0.25) is 0 Å². The zero-order valence-corrected chi connectivity index (χ0v) is 17.9. The first-order chi connectivity index (χ1) is 13.2. The summed E-state index contributed by atoms with van der Waals surface area (Å²) in [6.07, 6.45) is 5.86. The Balaban J connectivity index is 1.36. The van der Waals surface area contributed by atoms with E-state index in [-0.39, 0.29) is 5.41 Å². The molecule has 5 nitrogen and oxygen atoms in total. The van der Waals surface area contributed by atoms with Gasteiger partial charge in [-0.2, -0.15) is 0 Å². The molecule has 1 aliphatic carbocycles. The van der Waals surface area contributed by atoms with Crippen molar-refractivity contribution in [3.8, 4) is 0 Å². The number of hydrogen-bond acceptors (Lipinski definition) is 3. The fourth-order valence-electron chi connectivity index (χ4n) is 3.81. The summed E-state index contributed by atoms with van der Waals surface area (Å²) in [6, 6.07) is 8.72. The first-order valence-electron chi connectivity index (χ1n) is 10.1. The van der Waals surface area contributed by atoms with Crippen molar-refractivity contribution in [3.05, 3.63) is 34.3 Å². The highest BCUT2D eigenvalue weighted by atomic mass is 79.9. The summed E-state index contributed by atoms with van der Waals surface area (Å²) in [5, 5.41) is 6.94. The van der Waals surface area contributed by atoms with Crippen molar-refractivity contribution in [3.63, 3.8) is 0 Å². The Morgan fingerprint density at radius 3 is 2.93 bits per heavy atom. The van der Waals surface area contributed by atoms with Crippen molar-refractivity contribution in [1.82, 2.24) is 10.6 Å². The minimum absolute atomic E-state index is 0.230. The van der Waals surface area contributed by atoms with Crippen LogP contribution >= 0.6 is 15.9 Å². The number of benzene rings is 1. The molecule has 0 amide bonds. The van der Waals surface area contributed by atoms with Crippen molar-refractivity contribution >= 4 is 21.9 Å². The largest absolute Gasteiger partial charge is 0.381 e. The number of ether oxygens (including phenoxy) is 2. The number of hydrogen-bond donors (Lipinski definition) is 2. The molecule has 3 rings (SSSR count). The van der Waals surface area contributed by atoms with Crippen LogP contribution in [-0.4, -0.2) is 52.5 Å². The lowest BCUT2D eigenvalue weighted by molar-refractivity contribution is 0.0888. The van der Waals surface area contributed by atoms with Gasteiger partial charge in [-0.05, 0) is 43.4 Å². The highest BCUT2D eigenvalue weighted by Gasteiger charge is 2.38. The quantitative estimate of drug-likeness (QED) is 0.352. The Morgan fingerprint density at radius 1 is 1.37 bits per heavy atom. The topological polar surface area (TPSA) is 54.9 Å². The van der Waals surface area contributed by atoms with Gasteiger partial charge < -0.3 is 20.1 Å². The lowest BCUT2D eigenvalue weighted by Gasteiger charge is -2.43. The van der Waals surface area contributed by atoms with E-state index in [2.05, 4.69) is 55.8 Å². The first kappa shape index (κ1) is 20.6. The smallest absolute Gasteiger partial charge is 0.191 e. The Labute approximate surface area is 171 Å². The third-order valence-corrected chi connectivity index (χ3v) is 6.19. The summed E-state index contributed by atoms with van der Waals surface area (Å²) in [6.45, 7) is 5.13. The Hall–Kier alpha value is -1.11. The molecule has 1 aliphatic heterocycles. The van der Waals surface area contributed by atoms with Crippen molar-refractivity contribution < 1.29 is 9.47 Å².